The molecule has 1 heterocycles. The fraction of sp³-hybridized carbons (Fsp3) is 0.385. The number of nitrogens with zero attached hydrogens (tertiary/aromatic N) is 1. The maximum Gasteiger partial charge on any atom is 0.234 e. The molecule has 1 atom stereocenters. The number of thioether (sulfide) groups is 1. The largest absolute Gasteiger partial charge is 0.352 e. The average molecular weight is 250 g/mol. The van der Waals surface area contributed by atoms with Crippen molar-refractivity contribution in [1.29, 1.82) is 0 Å². The number of hydrogen-bond acceptors (Lipinski definition) is 3. The third-order valence-electron chi connectivity index (χ3n) is 2.17. The fourth-order valence-electron chi connectivity index (χ4n) is 1.31. The molecule has 1 amide bonds. The zero-order valence-corrected chi connectivity index (χ0v) is 11.0. The van der Waals surface area contributed by atoms with Gasteiger partial charge in [0.05, 0.1) is 10.3 Å². The summed E-state index contributed by atoms with van der Waals surface area (Å²) in [5, 5.41) is 3.58. The minimum atomic E-state index is -0.121. The van der Waals surface area contributed by atoms with Crippen molar-refractivity contribution in [2.24, 2.45) is 5.92 Å². The molecule has 92 valence electrons. The quantitative estimate of drug-likeness (QED) is 0.623. The molecule has 17 heavy (non-hydrogen) atoms. The monoisotopic (exact) mass is 250 g/mol. The lowest BCUT2D eigenvalue weighted by Crippen LogP contribution is -2.35. The summed E-state index contributed by atoms with van der Waals surface area (Å²) in [7, 11) is 0. The van der Waals surface area contributed by atoms with E-state index in [0.717, 1.165) is 5.03 Å². The smallest absolute Gasteiger partial charge is 0.234 e. The van der Waals surface area contributed by atoms with Gasteiger partial charge < -0.3 is 5.32 Å². The van der Waals surface area contributed by atoms with Gasteiger partial charge in [0, 0.05) is 12.7 Å². The van der Waals surface area contributed by atoms with Crippen molar-refractivity contribution < 1.29 is 4.79 Å². The second-order valence-electron chi connectivity index (χ2n) is 3.98. The molecule has 0 radical (unpaired) electrons. The molecule has 0 aliphatic carbocycles. The van der Waals surface area contributed by atoms with E-state index in [1.807, 2.05) is 32.0 Å². The average Bonchev–Trinajstić information content (AvgIpc) is 2.34. The lowest BCUT2D eigenvalue weighted by atomic mass is 10.1. The predicted octanol–water partition coefficient (Wildman–Crippen LogP) is 2.50. The lowest BCUT2D eigenvalue weighted by molar-refractivity contribution is -0.121. The van der Waals surface area contributed by atoms with Gasteiger partial charge >= 0.3 is 0 Å². The normalized spacial score (nSPS) is 12.2. The van der Waals surface area contributed by atoms with E-state index in [-0.39, 0.29) is 17.1 Å². The van der Waals surface area contributed by atoms with E-state index in [9.17, 15) is 4.79 Å². The Morgan fingerprint density at radius 3 is 2.88 bits per heavy atom. The van der Waals surface area contributed by atoms with E-state index in [2.05, 4.69) is 16.9 Å². The van der Waals surface area contributed by atoms with Gasteiger partial charge in [-0.2, -0.15) is 0 Å². The topological polar surface area (TPSA) is 42.0 Å². The van der Waals surface area contributed by atoms with Crippen molar-refractivity contribution >= 4 is 17.7 Å². The Morgan fingerprint density at radius 1 is 1.59 bits per heavy atom. The van der Waals surface area contributed by atoms with Gasteiger partial charge in [0.1, 0.15) is 0 Å². The minimum Gasteiger partial charge on any atom is -0.352 e. The molecule has 0 aliphatic heterocycles. The van der Waals surface area contributed by atoms with Crippen LogP contribution in [0.2, 0.25) is 0 Å². The van der Waals surface area contributed by atoms with Gasteiger partial charge in [0.2, 0.25) is 5.91 Å². The number of pyridine rings is 1. The Kier molecular flexibility index (Phi) is 5.77. The van der Waals surface area contributed by atoms with Crippen LogP contribution in [0.5, 0.6) is 0 Å². The van der Waals surface area contributed by atoms with Gasteiger partial charge in [-0.3, -0.25) is 4.79 Å². The summed E-state index contributed by atoms with van der Waals surface area (Å²) in [5.74, 6) is 0.294. The third-order valence-corrected chi connectivity index (χ3v) is 3.67. The van der Waals surface area contributed by atoms with Crippen LogP contribution in [0, 0.1) is 5.92 Å². The Morgan fingerprint density at radius 2 is 2.35 bits per heavy atom. The van der Waals surface area contributed by atoms with Crippen LogP contribution in [0.25, 0.3) is 0 Å². The second kappa shape index (κ2) is 7.12. The fourth-order valence-corrected chi connectivity index (χ4v) is 2.31. The van der Waals surface area contributed by atoms with Crippen LogP contribution in [0.3, 0.4) is 0 Å². The third kappa shape index (κ3) is 4.61. The summed E-state index contributed by atoms with van der Waals surface area (Å²) in [6, 6.07) is 5.71. The highest BCUT2D eigenvalue weighted by Gasteiger charge is 2.23. The van der Waals surface area contributed by atoms with Gasteiger partial charge in [0.15, 0.2) is 0 Å². The molecule has 0 spiro atoms. The Bertz CT molecular complexity index is 365. The van der Waals surface area contributed by atoms with E-state index in [0.29, 0.717) is 6.54 Å². The summed E-state index contributed by atoms with van der Waals surface area (Å²) < 4.78 is 0. The highest BCUT2D eigenvalue weighted by Crippen LogP contribution is 2.26. The molecule has 0 aromatic carbocycles. The van der Waals surface area contributed by atoms with Crippen LogP contribution in [0.1, 0.15) is 13.8 Å². The first-order valence-electron chi connectivity index (χ1n) is 5.61. The molecule has 0 fully saturated rings. The first-order valence-corrected chi connectivity index (χ1v) is 6.49. The maximum absolute atomic E-state index is 11.9. The SMILES string of the molecule is C=CCNC(=O)C(Sc1ccccn1)C(C)C. The number of hydrogen-bond donors (Lipinski definition) is 1. The first kappa shape index (κ1) is 13.8. The van der Waals surface area contributed by atoms with E-state index >= 15 is 0 Å². The molecule has 4 heteroatoms. The summed E-state index contributed by atoms with van der Waals surface area (Å²) in [5.41, 5.74) is 0. The van der Waals surface area contributed by atoms with E-state index in [1.54, 1.807) is 12.3 Å². The lowest BCUT2D eigenvalue weighted by Gasteiger charge is -2.18. The van der Waals surface area contributed by atoms with Crippen molar-refractivity contribution in [2.45, 2.75) is 24.1 Å². The molecule has 3 nitrogen and oxygen atoms in total. The summed E-state index contributed by atoms with van der Waals surface area (Å²) in [6.07, 6.45) is 3.42. The van der Waals surface area contributed by atoms with Gasteiger partial charge in [0.25, 0.3) is 0 Å². The minimum absolute atomic E-state index is 0.0375. The number of aromatic nitrogens is 1. The van der Waals surface area contributed by atoms with Crippen LogP contribution in [0.15, 0.2) is 42.1 Å². The van der Waals surface area contributed by atoms with Crippen molar-refractivity contribution in [3.8, 4) is 0 Å². The molecule has 1 N–H and O–H groups in total. The van der Waals surface area contributed by atoms with Crippen LogP contribution in [0.4, 0.5) is 0 Å². The number of amides is 1. The molecule has 1 rings (SSSR count). The van der Waals surface area contributed by atoms with E-state index < -0.39 is 0 Å². The van der Waals surface area contributed by atoms with Gasteiger partial charge in [-0.25, -0.2) is 4.98 Å². The number of carbonyl (C=O) groups is 1. The Hall–Kier alpha value is -1.29. The number of nitrogens with one attached hydrogen (secondary N) is 1. The summed E-state index contributed by atoms with van der Waals surface area (Å²) in [6.45, 7) is 8.16. The van der Waals surface area contributed by atoms with E-state index in [4.69, 9.17) is 0 Å². The summed E-state index contributed by atoms with van der Waals surface area (Å²) in [4.78, 5) is 16.2. The molecular weight excluding hydrogens is 232 g/mol. The zero-order valence-electron chi connectivity index (χ0n) is 10.2. The zero-order chi connectivity index (χ0) is 12.7. The van der Waals surface area contributed by atoms with Crippen LogP contribution >= 0.6 is 11.8 Å². The highest BCUT2D eigenvalue weighted by molar-refractivity contribution is 8.00. The number of carbonyl (C=O) groups excluding carboxylic acids is 1. The molecule has 0 saturated heterocycles. The van der Waals surface area contributed by atoms with Crippen LogP contribution < -0.4 is 5.32 Å². The van der Waals surface area contributed by atoms with Gasteiger partial charge in [-0.1, -0.05) is 37.8 Å². The standard InChI is InChI=1S/C13H18N2OS/c1-4-8-15-13(16)12(10(2)3)17-11-7-5-6-9-14-11/h4-7,9-10,12H,1,8H2,2-3H3,(H,15,16). The molecule has 0 aliphatic rings. The Labute approximate surface area is 107 Å². The molecule has 1 aromatic heterocycles. The first-order chi connectivity index (χ1) is 8.15. The van der Waals surface area contributed by atoms with Crippen molar-refractivity contribution in [3.63, 3.8) is 0 Å². The molecule has 1 aromatic rings. The maximum atomic E-state index is 11.9. The van der Waals surface area contributed by atoms with Gasteiger partial charge in [-0.15, -0.1) is 6.58 Å². The molecule has 0 saturated carbocycles. The molecule has 0 bridgehead atoms. The van der Waals surface area contributed by atoms with Crippen LogP contribution in [-0.4, -0.2) is 22.7 Å². The summed E-state index contributed by atoms with van der Waals surface area (Å²) >= 11 is 1.50. The second-order valence-corrected chi connectivity index (χ2v) is 5.15. The Balaban J connectivity index is 2.66. The van der Waals surface area contributed by atoms with Crippen LogP contribution in [-0.2, 0) is 4.79 Å². The highest BCUT2D eigenvalue weighted by atomic mass is 32.2. The number of rotatable bonds is 6. The van der Waals surface area contributed by atoms with Crippen molar-refractivity contribution in [2.75, 3.05) is 6.54 Å². The molecule has 1 unspecified atom stereocenters. The predicted molar refractivity (Wildman–Crippen MR) is 71.9 cm³/mol. The van der Waals surface area contributed by atoms with Crippen molar-refractivity contribution in [1.82, 2.24) is 10.3 Å². The molecular formula is C13H18N2OS. The van der Waals surface area contributed by atoms with E-state index in [1.165, 1.54) is 11.8 Å². The van der Waals surface area contributed by atoms with Gasteiger partial charge in [-0.05, 0) is 18.1 Å². The van der Waals surface area contributed by atoms with Crippen molar-refractivity contribution in [3.05, 3.63) is 37.1 Å².